The van der Waals surface area contributed by atoms with Gasteiger partial charge in [0.1, 0.15) is 18.2 Å². The summed E-state index contributed by atoms with van der Waals surface area (Å²) in [7, 11) is 0. The molecule has 0 aliphatic rings. The minimum absolute atomic E-state index is 0.0922. The molecule has 0 radical (unpaired) electrons. The number of rotatable bonds is 3. The minimum atomic E-state index is -0.453. The summed E-state index contributed by atoms with van der Waals surface area (Å²) in [5, 5.41) is 11.1. The Kier molecular flexibility index (Phi) is 3.53. The maximum absolute atomic E-state index is 12.6. The number of halogens is 2. The van der Waals surface area contributed by atoms with Crippen molar-refractivity contribution in [1.29, 1.82) is 0 Å². The van der Waals surface area contributed by atoms with E-state index in [0.717, 1.165) is 6.07 Å². The highest BCUT2D eigenvalue weighted by molar-refractivity contribution is 6.32. The molecule has 76 valence electrons. The highest BCUT2D eigenvalue weighted by Gasteiger charge is 2.03. The van der Waals surface area contributed by atoms with Crippen LogP contribution >= 0.6 is 11.6 Å². The first kappa shape index (κ1) is 10.6. The Morgan fingerprint density at radius 3 is 2.93 bits per heavy atom. The van der Waals surface area contributed by atoms with E-state index in [-0.39, 0.29) is 23.2 Å². The number of nitrogens with zero attached hydrogens (tertiary/aromatic N) is 1. The summed E-state index contributed by atoms with van der Waals surface area (Å²) < 4.78 is 17.6. The number of amidine groups is 1. The Hall–Kier alpha value is -1.49. The summed E-state index contributed by atoms with van der Waals surface area (Å²) in [6.45, 7) is -0.109. The Balaban J connectivity index is 2.68. The lowest BCUT2D eigenvalue weighted by Gasteiger charge is -2.06. The molecule has 0 fully saturated rings. The summed E-state index contributed by atoms with van der Waals surface area (Å²) in [6.07, 6.45) is 0. The van der Waals surface area contributed by atoms with Crippen LogP contribution in [0.4, 0.5) is 4.39 Å². The molecule has 0 aliphatic carbocycles. The van der Waals surface area contributed by atoms with Crippen LogP contribution in [-0.4, -0.2) is 17.6 Å². The molecular formula is C8H8ClFN2O2. The Morgan fingerprint density at radius 1 is 1.64 bits per heavy atom. The van der Waals surface area contributed by atoms with Crippen LogP contribution in [0, 0.1) is 5.82 Å². The van der Waals surface area contributed by atoms with Crippen molar-refractivity contribution >= 4 is 17.4 Å². The van der Waals surface area contributed by atoms with E-state index in [4.69, 9.17) is 27.3 Å². The van der Waals surface area contributed by atoms with Gasteiger partial charge < -0.3 is 15.7 Å². The molecule has 1 aromatic carbocycles. The first-order valence-electron chi connectivity index (χ1n) is 3.67. The molecule has 3 N–H and O–H groups in total. The molecule has 0 bridgehead atoms. The van der Waals surface area contributed by atoms with Gasteiger partial charge in [-0.1, -0.05) is 16.8 Å². The second-order valence-corrected chi connectivity index (χ2v) is 2.86. The summed E-state index contributed by atoms with van der Waals surface area (Å²) in [5.74, 6) is -0.267. The topological polar surface area (TPSA) is 67.8 Å². The molecule has 4 nitrogen and oxygen atoms in total. The first-order valence-corrected chi connectivity index (χ1v) is 4.05. The Morgan fingerprint density at radius 2 is 2.36 bits per heavy atom. The lowest BCUT2D eigenvalue weighted by Crippen LogP contribution is -2.20. The molecular weight excluding hydrogens is 211 g/mol. The van der Waals surface area contributed by atoms with Crippen LogP contribution in [0.25, 0.3) is 0 Å². The predicted molar refractivity (Wildman–Crippen MR) is 50.3 cm³/mol. The maximum atomic E-state index is 12.6. The van der Waals surface area contributed by atoms with E-state index in [0.29, 0.717) is 0 Å². The van der Waals surface area contributed by atoms with Gasteiger partial charge in [0.15, 0.2) is 5.84 Å². The van der Waals surface area contributed by atoms with Crippen molar-refractivity contribution in [2.75, 3.05) is 6.61 Å². The van der Waals surface area contributed by atoms with Crippen LogP contribution in [0.2, 0.25) is 5.02 Å². The standard InChI is InChI=1S/C8H8ClFN2O2/c9-6-3-5(10)1-2-7(6)14-4-8(11)12-13/h1-3,13H,4H2,(H2,11,12). The molecule has 0 atom stereocenters. The van der Waals surface area contributed by atoms with Gasteiger partial charge in [-0.2, -0.15) is 0 Å². The molecule has 0 saturated heterocycles. The third-order valence-electron chi connectivity index (χ3n) is 1.40. The zero-order valence-corrected chi connectivity index (χ0v) is 7.83. The Labute approximate surface area is 84.7 Å². The van der Waals surface area contributed by atoms with E-state index < -0.39 is 5.82 Å². The van der Waals surface area contributed by atoms with Gasteiger partial charge in [0.2, 0.25) is 0 Å². The van der Waals surface area contributed by atoms with Gasteiger partial charge in [0, 0.05) is 0 Å². The van der Waals surface area contributed by atoms with Crippen molar-refractivity contribution in [2.45, 2.75) is 0 Å². The number of ether oxygens (including phenoxy) is 1. The number of hydrogen-bond donors (Lipinski definition) is 2. The van der Waals surface area contributed by atoms with E-state index in [9.17, 15) is 4.39 Å². The zero-order chi connectivity index (χ0) is 10.6. The predicted octanol–water partition coefficient (Wildman–Crippen LogP) is 1.60. The molecule has 6 heteroatoms. The lowest BCUT2D eigenvalue weighted by molar-refractivity contribution is 0.306. The van der Waals surface area contributed by atoms with Gasteiger partial charge in [-0.05, 0) is 18.2 Å². The van der Waals surface area contributed by atoms with Crippen molar-refractivity contribution in [3.05, 3.63) is 29.0 Å². The SMILES string of the molecule is N/C(COc1ccc(F)cc1Cl)=N\O. The molecule has 1 rings (SSSR count). The summed E-state index contributed by atoms with van der Waals surface area (Å²) >= 11 is 5.65. The second kappa shape index (κ2) is 4.66. The molecule has 14 heavy (non-hydrogen) atoms. The van der Waals surface area contributed by atoms with E-state index in [1.54, 1.807) is 0 Å². The summed E-state index contributed by atoms with van der Waals surface area (Å²) in [4.78, 5) is 0. The molecule has 0 aromatic heterocycles. The van der Waals surface area contributed by atoms with E-state index >= 15 is 0 Å². The largest absolute Gasteiger partial charge is 0.484 e. The number of nitrogens with two attached hydrogens (primary N) is 1. The van der Waals surface area contributed by atoms with Gasteiger partial charge in [0.05, 0.1) is 5.02 Å². The maximum Gasteiger partial charge on any atom is 0.177 e. The Bertz CT molecular complexity index is 357. The van der Waals surface area contributed by atoms with Crippen molar-refractivity contribution < 1.29 is 14.3 Å². The van der Waals surface area contributed by atoms with Crippen molar-refractivity contribution in [2.24, 2.45) is 10.9 Å². The van der Waals surface area contributed by atoms with Gasteiger partial charge >= 0.3 is 0 Å². The van der Waals surface area contributed by atoms with Gasteiger partial charge in [-0.15, -0.1) is 0 Å². The summed E-state index contributed by atoms with van der Waals surface area (Å²) in [5.41, 5.74) is 5.16. The fraction of sp³-hybridized carbons (Fsp3) is 0.125. The number of hydrogen-bond acceptors (Lipinski definition) is 3. The van der Waals surface area contributed by atoms with E-state index in [1.165, 1.54) is 12.1 Å². The fourth-order valence-electron chi connectivity index (χ4n) is 0.773. The zero-order valence-electron chi connectivity index (χ0n) is 7.08. The number of benzene rings is 1. The lowest BCUT2D eigenvalue weighted by atomic mass is 10.3. The normalized spacial score (nSPS) is 11.4. The monoisotopic (exact) mass is 218 g/mol. The van der Waals surface area contributed by atoms with Crippen molar-refractivity contribution in [3.63, 3.8) is 0 Å². The molecule has 0 heterocycles. The minimum Gasteiger partial charge on any atom is -0.484 e. The molecule has 0 spiro atoms. The molecule has 0 amide bonds. The number of oxime groups is 1. The first-order chi connectivity index (χ1) is 6.63. The fourth-order valence-corrected chi connectivity index (χ4v) is 0.995. The molecule has 0 saturated carbocycles. The quantitative estimate of drug-likeness (QED) is 0.351. The molecule has 0 aliphatic heterocycles. The third-order valence-corrected chi connectivity index (χ3v) is 1.69. The second-order valence-electron chi connectivity index (χ2n) is 2.45. The molecule has 1 aromatic rings. The third kappa shape index (κ3) is 2.77. The van der Waals surface area contributed by atoms with Crippen LogP contribution in [0.15, 0.2) is 23.4 Å². The molecule has 0 unspecified atom stereocenters. The average Bonchev–Trinajstić information content (AvgIpc) is 2.16. The van der Waals surface area contributed by atoms with Gasteiger partial charge in [0.25, 0.3) is 0 Å². The smallest absolute Gasteiger partial charge is 0.177 e. The van der Waals surface area contributed by atoms with Crippen LogP contribution in [0.3, 0.4) is 0 Å². The van der Waals surface area contributed by atoms with E-state index in [1.807, 2.05) is 0 Å². The van der Waals surface area contributed by atoms with E-state index in [2.05, 4.69) is 5.16 Å². The van der Waals surface area contributed by atoms with Gasteiger partial charge in [-0.3, -0.25) is 0 Å². The van der Waals surface area contributed by atoms with Crippen molar-refractivity contribution in [1.82, 2.24) is 0 Å². The van der Waals surface area contributed by atoms with Crippen LogP contribution in [-0.2, 0) is 0 Å². The summed E-state index contributed by atoms with van der Waals surface area (Å²) in [6, 6.07) is 3.68. The van der Waals surface area contributed by atoms with Crippen LogP contribution in [0.1, 0.15) is 0 Å². The average molecular weight is 219 g/mol. The van der Waals surface area contributed by atoms with Crippen LogP contribution < -0.4 is 10.5 Å². The highest BCUT2D eigenvalue weighted by atomic mass is 35.5. The van der Waals surface area contributed by atoms with Crippen LogP contribution in [0.5, 0.6) is 5.75 Å². The highest BCUT2D eigenvalue weighted by Crippen LogP contribution is 2.24. The van der Waals surface area contributed by atoms with Gasteiger partial charge in [-0.25, -0.2) is 4.39 Å². The van der Waals surface area contributed by atoms with Crippen molar-refractivity contribution in [3.8, 4) is 5.75 Å².